The quantitative estimate of drug-likeness (QED) is 0.935. The second kappa shape index (κ2) is 5.09. The Kier molecular flexibility index (Phi) is 3.66. The lowest BCUT2D eigenvalue weighted by atomic mass is 9.93. The second-order valence-electron chi connectivity index (χ2n) is 5.44. The summed E-state index contributed by atoms with van der Waals surface area (Å²) in [6, 6.07) is 1.65. The van der Waals surface area contributed by atoms with E-state index in [0.717, 1.165) is 16.3 Å². The van der Waals surface area contributed by atoms with E-state index in [1.165, 1.54) is 6.20 Å². The molecule has 2 aromatic rings. The molecule has 100 valence electrons. The minimum absolute atomic E-state index is 0.0376. The molecule has 0 saturated heterocycles. The fourth-order valence-electron chi connectivity index (χ4n) is 1.61. The van der Waals surface area contributed by atoms with Gasteiger partial charge in [0, 0.05) is 29.6 Å². The Labute approximate surface area is 116 Å². The normalized spacial score (nSPS) is 11.5. The molecule has 2 aromatic heterocycles. The van der Waals surface area contributed by atoms with Gasteiger partial charge in [0.2, 0.25) is 0 Å². The number of aromatic nitrogens is 2. The fourth-order valence-corrected chi connectivity index (χ4v) is 2.67. The molecule has 0 aliphatic rings. The van der Waals surface area contributed by atoms with Crippen LogP contribution in [0.2, 0.25) is 0 Å². The molecule has 0 unspecified atom stereocenters. The molecule has 0 radical (unpaired) electrons. The smallest absolute Gasteiger partial charge is 0.337 e. The maximum absolute atomic E-state index is 10.9. The SMILES string of the molecule is CC(C)(C)c1csc(Cc2cncc(C(=O)O)c2)n1. The number of hydrogen-bond acceptors (Lipinski definition) is 4. The topological polar surface area (TPSA) is 63.1 Å². The van der Waals surface area contributed by atoms with Crippen LogP contribution in [0, 0.1) is 0 Å². The van der Waals surface area contributed by atoms with Crippen LogP contribution >= 0.6 is 11.3 Å². The number of nitrogens with zero attached hydrogens (tertiary/aromatic N) is 2. The molecule has 4 nitrogen and oxygen atoms in total. The standard InChI is InChI=1S/C14H16N2O2S/c1-14(2,3)11-8-19-12(16-11)5-9-4-10(13(17)18)7-15-6-9/h4,6-8H,5H2,1-3H3,(H,17,18). The Balaban J connectivity index is 2.19. The number of pyridine rings is 1. The molecule has 0 saturated carbocycles. The summed E-state index contributed by atoms with van der Waals surface area (Å²) in [6.07, 6.45) is 3.66. The summed E-state index contributed by atoms with van der Waals surface area (Å²) in [6.45, 7) is 6.37. The number of carboxylic acids is 1. The van der Waals surface area contributed by atoms with Crippen molar-refractivity contribution in [1.29, 1.82) is 0 Å². The van der Waals surface area contributed by atoms with Crippen molar-refractivity contribution in [2.24, 2.45) is 0 Å². The highest BCUT2D eigenvalue weighted by Gasteiger charge is 2.17. The molecule has 0 spiro atoms. The molecular formula is C14H16N2O2S. The zero-order chi connectivity index (χ0) is 14.0. The molecule has 0 aromatic carbocycles. The summed E-state index contributed by atoms with van der Waals surface area (Å²) in [5.41, 5.74) is 2.19. The van der Waals surface area contributed by atoms with Crippen molar-refractivity contribution in [3.8, 4) is 0 Å². The molecule has 0 bridgehead atoms. The summed E-state index contributed by atoms with van der Waals surface area (Å²) in [5.74, 6) is -0.955. The monoisotopic (exact) mass is 276 g/mol. The average molecular weight is 276 g/mol. The van der Waals surface area contributed by atoms with Gasteiger partial charge in [0.1, 0.15) is 0 Å². The molecule has 0 aliphatic heterocycles. The van der Waals surface area contributed by atoms with Gasteiger partial charge in [0.15, 0.2) is 0 Å². The van der Waals surface area contributed by atoms with E-state index in [1.54, 1.807) is 23.6 Å². The van der Waals surface area contributed by atoms with Crippen molar-refractivity contribution < 1.29 is 9.90 Å². The lowest BCUT2D eigenvalue weighted by molar-refractivity contribution is 0.0696. The van der Waals surface area contributed by atoms with E-state index in [-0.39, 0.29) is 11.0 Å². The summed E-state index contributed by atoms with van der Waals surface area (Å²) in [4.78, 5) is 19.4. The Morgan fingerprint density at radius 3 is 2.68 bits per heavy atom. The van der Waals surface area contributed by atoms with E-state index in [1.807, 2.05) is 0 Å². The summed E-state index contributed by atoms with van der Waals surface area (Å²) < 4.78 is 0. The van der Waals surface area contributed by atoms with Crippen LogP contribution in [0.15, 0.2) is 23.8 Å². The van der Waals surface area contributed by atoms with Crippen molar-refractivity contribution >= 4 is 17.3 Å². The highest BCUT2D eigenvalue weighted by molar-refractivity contribution is 7.09. The summed E-state index contributed by atoms with van der Waals surface area (Å²) >= 11 is 1.60. The van der Waals surface area contributed by atoms with E-state index < -0.39 is 5.97 Å². The fraction of sp³-hybridized carbons (Fsp3) is 0.357. The van der Waals surface area contributed by atoms with Gasteiger partial charge >= 0.3 is 5.97 Å². The molecular weight excluding hydrogens is 260 g/mol. The minimum Gasteiger partial charge on any atom is -0.478 e. The predicted molar refractivity (Wildman–Crippen MR) is 74.8 cm³/mol. The number of hydrogen-bond donors (Lipinski definition) is 1. The Hall–Kier alpha value is -1.75. The van der Waals surface area contributed by atoms with E-state index in [4.69, 9.17) is 5.11 Å². The maximum Gasteiger partial charge on any atom is 0.337 e. The van der Waals surface area contributed by atoms with Gasteiger partial charge in [-0.15, -0.1) is 11.3 Å². The van der Waals surface area contributed by atoms with Crippen LogP contribution in [-0.4, -0.2) is 21.0 Å². The zero-order valence-electron chi connectivity index (χ0n) is 11.2. The van der Waals surface area contributed by atoms with Crippen LogP contribution in [0.1, 0.15) is 47.4 Å². The average Bonchev–Trinajstić information content (AvgIpc) is 2.77. The first kappa shape index (κ1) is 13.7. The van der Waals surface area contributed by atoms with Crippen LogP contribution < -0.4 is 0 Å². The maximum atomic E-state index is 10.9. The predicted octanol–water partition coefficient (Wildman–Crippen LogP) is 3.12. The Morgan fingerprint density at radius 1 is 1.37 bits per heavy atom. The van der Waals surface area contributed by atoms with Crippen molar-refractivity contribution in [2.45, 2.75) is 32.6 Å². The van der Waals surface area contributed by atoms with Crippen molar-refractivity contribution in [3.05, 3.63) is 45.7 Å². The van der Waals surface area contributed by atoms with Gasteiger partial charge in [-0.2, -0.15) is 0 Å². The number of thiazole rings is 1. The first-order valence-corrected chi connectivity index (χ1v) is 6.86. The van der Waals surface area contributed by atoms with E-state index in [2.05, 4.69) is 36.1 Å². The highest BCUT2D eigenvalue weighted by Crippen LogP contribution is 2.25. The molecule has 2 heterocycles. The van der Waals surface area contributed by atoms with E-state index in [9.17, 15) is 4.79 Å². The van der Waals surface area contributed by atoms with Gasteiger partial charge in [-0.05, 0) is 11.6 Å². The third-order valence-corrected chi connectivity index (χ3v) is 3.57. The number of carbonyl (C=O) groups is 1. The lowest BCUT2D eigenvalue weighted by Gasteiger charge is -2.14. The molecule has 0 amide bonds. The van der Waals surface area contributed by atoms with Crippen molar-refractivity contribution in [1.82, 2.24) is 9.97 Å². The number of rotatable bonds is 3. The van der Waals surface area contributed by atoms with Crippen molar-refractivity contribution in [2.75, 3.05) is 0 Å². The van der Waals surface area contributed by atoms with Gasteiger partial charge in [0.25, 0.3) is 0 Å². The first-order valence-electron chi connectivity index (χ1n) is 5.98. The van der Waals surface area contributed by atoms with Crippen LogP contribution in [0.4, 0.5) is 0 Å². The number of aromatic carboxylic acids is 1. The van der Waals surface area contributed by atoms with Crippen LogP contribution in [0.5, 0.6) is 0 Å². The largest absolute Gasteiger partial charge is 0.478 e. The number of carboxylic acid groups (broad SMARTS) is 1. The van der Waals surface area contributed by atoms with Crippen LogP contribution in [-0.2, 0) is 11.8 Å². The third kappa shape index (κ3) is 3.38. The van der Waals surface area contributed by atoms with Gasteiger partial charge in [-0.3, -0.25) is 4.98 Å². The van der Waals surface area contributed by atoms with Crippen LogP contribution in [0.3, 0.4) is 0 Å². The molecule has 0 aliphatic carbocycles. The van der Waals surface area contributed by atoms with E-state index >= 15 is 0 Å². The van der Waals surface area contributed by atoms with Gasteiger partial charge < -0.3 is 5.11 Å². The molecule has 5 heteroatoms. The molecule has 2 rings (SSSR count). The van der Waals surface area contributed by atoms with Gasteiger partial charge in [-0.1, -0.05) is 20.8 Å². The second-order valence-corrected chi connectivity index (χ2v) is 6.38. The minimum atomic E-state index is -0.955. The lowest BCUT2D eigenvalue weighted by Crippen LogP contribution is -2.11. The van der Waals surface area contributed by atoms with Crippen molar-refractivity contribution in [3.63, 3.8) is 0 Å². The highest BCUT2D eigenvalue weighted by atomic mass is 32.1. The third-order valence-electron chi connectivity index (χ3n) is 2.72. The Morgan fingerprint density at radius 2 is 2.11 bits per heavy atom. The van der Waals surface area contributed by atoms with Gasteiger partial charge in [-0.25, -0.2) is 9.78 Å². The van der Waals surface area contributed by atoms with E-state index in [0.29, 0.717) is 6.42 Å². The molecule has 0 atom stereocenters. The summed E-state index contributed by atoms with van der Waals surface area (Å²) in [7, 11) is 0. The molecule has 1 N–H and O–H groups in total. The van der Waals surface area contributed by atoms with Gasteiger partial charge in [0.05, 0.1) is 16.3 Å². The summed E-state index contributed by atoms with van der Waals surface area (Å²) in [5, 5.41) is 12.0. The first-order chi connectivity index (χ1) is 8.86. The molecule has 0 fully saturated rings. The van der Waals surface area contributed by atoms with Crippen LogP contribution in [0.25, 0.3) is 0 Å². The molecule has 19 heavy (non-hydrogen) atoms. The Bertz CT molecular complexity index is 599. The zero-order valence-corrected chi connectivity index (χ0v) is 12.0.